The van der Waals surface area contributed by atoms with Crippen LogP contribution in [0.25, 0.3) is 10.1 Å². The molecule has 0 atom stereocenters. The lowest BCUT2D eigenvalue weighted by atomic mass is 10.1. The Bertz CT molecular complexity index is 1010. The monoisotopic (exact) mass is 406 g/mol. The molecule has 1 fully saturated rings. The summed E-state index contributed by atoms with van der Waals surface area (Å²) < 4.78 is 5.97. The summed E-state index contributed by atoms with van der Waals surface area (Å²) in [7, 11) is 0. The van der Waals surface area contributed by atoms with Gasteiger partial charge in [-0.3, -0.25) is 9.69 Å². The van der Waals surface area contributed by atoms with E-state index in [4.69, 9.17) is 4.37 Å². The zero-order valence-corrected chi connectivity index (χ0v) is 17.4. The standard InChI is InChI=1S/C23H26N4OS/c28-23-19-8-2-1-7-18(19)17-27(23)12-6-5-11-25-13-15-26(16-14-25)22-20-9-3-4-10-21(20)29-24-22/h1-4,7-10H,5-6,11-17H2. The van der Waals surface area contributed by atoms with Crippen LogP contribution in [0.15, 0.2) is 48.5 Å². The molecule has 150 valence electrons. The van der Waals surface area contributed by atoms with E-state index in [0.717, 1.165) is 70.0 Å². The van der Waals surface area contributed by atoms with Crippen LogP contribution >= 0.6 is 11.5 Å². The molecule has 0 aliphatic carbocycles. The Labute approximate surface area is 175 Å². The lowest BCUT2D eigenvalue weighted by Gasteiger charge is -2.35. The topological polar surface area (TPSA) is 39.7 Å². The fraction of sp³-hybridized carbons (Fsp3) is 0.391. The molecule has 29 heavy (non-hydrogen) atoms. The molecule has 2 aliphatic heterocycles. The number of aromatic nitrogens is 1. The van der Waals surface area contributed by atoms with Crippen molar-refractivity contribution in [1.29, 1.82) is 0 Å². The van der Waals surface area contributed by atoms with Gasteiger partial charge in [-0.2, -0.15) is 4.37 Å². The van der Waals surface area contributed by atoms with Crippen LogP contribution in [0, 0.1) is 0 Å². The van der Waals surface area contributed by atoms with Crippen molar-refractivity contribution in [3.05, 3.63) is 59.7 Å². The van der Waals surface area contributed by atoms with E-state index in [1.807, 2.05) is 23.1 Å². The first-order chi connectivity index (χ1) is 14.3. The van der Waals surface area contributed by atoms with Crippen molar-refractivity contribution >= 4 is 33.3 Å². The molecule has 2 aliphatic rings. The number of hydrogen-bond acceptors (Lipinski definition) is 5. The molecule has 6 heteroatoms. The van der Waals surface area contributed by atoms with Gasteiger partial charge < -0.3 is 9.80 Å². The molecule has 1 amide bonds. The molecule has 0 spiro atoms. The maximum atomic E-state index is 12.4. The Morgan fingerprint density at radius 2 is 1.66 bits per heavy atom. The minimum Gasteiger partial charge on any atom is -0.353 e. The summed E-state index contributed by atoms with van der Waals surface area (Å²) in [6.45, 7) is 6.98. The van der Waals surface area contributed by atoms with Crippen molar-refractivity contribution in [3.8, 4) is 0 Å². The molecule has 5 nitrogen and oxygen atoms in total. The number of hydrogen-bond donors (Lipinski definition) is 0. The summed E-state index contributed by atoms with van der Waals surface area (Å²) in [6, 6.07) is 16.5. The SMILES string of the molecule is O=C1c2ccccc2CN1CCCCN1CCN(c2nsc3ccccc23)CC1. The number of nitrogens with zero attached hydrogens (tertiary/aromatic N) is 4. The van der Waals surface area contributed by atoms with Crippen molar-refractivity contribution in [1.82, 2.24) is 14.2 Å². The van der Waals surface area contributed by atoms with Gasteiger partial charge >= 0.3 is 0 Å². The maximum Gasteiger partial charge on any atom is 0.254 e. The number of amides is 1. The molecular weight excluding hydrogens is 380 g/mol. The Kier molecular flexibility index (Phi) is 5.21. The number of fused-ring (bicyclic) bond motifs is 2. The van der Waals surface area contributed by atoms with Gasteiger partial charge in [0.2, 0.25) is 0 Å². The Morgan fingerprint density at radius 3 is 2.52 bits per heavy atom. The summed E-state index contributed by atoms with van der Waals surface area (Å²) in [5, 5.41) is 1.28. The second-order valence-corrected chi connectivity index (χ2v) is 8.73. The van der Waals surface area contributed by atoms with Crippen LogP contribution in [-0.2, 0) is 6.54 Å². The van der Waals surface area contributed by atoms with Gasteiger partial charge in [0.05, 0.1) is 4.70 Å². The third-order valence-electron chi connectivity index (χ3n) is 6.08. The first-order valence-electron chi connectivity index (χ1n) is 10.5. The Hall–Kier alpha value is -2.44. The van der Waals surface area contributed by atoms with Crippen molar-refractivity contribution < 1.29 is 4.79 Å². The van der Waals surface area contributed by atoms with Crippen molar-refractivity contribution in [2.75, 3.05) is 44.2 Å². The van der Waals surface area contributed by atoms with Crippen molar-refractivity contribution in [2.24, 2.45) is 0 Å². The summed E-state index contributed by atoms with van der Waals surface area (Å²) >= 11 is 1.60. The van der Waals surface area contributed by atoms with Crippen molar-refractivity contribution in [3.63, 3.8) is 0 Å². The van der Waals surface area contributed by atoms with E-state index in [1.165, 1.54) is 15.6 Å². The fourth-order valence-corrected chi connectivity index (χ4v) is 5.21. The molecule has 0 saturated carbocycles. The molecule has 0 unspecified atom stereocenters. The first-order valence-corrected chi connectivity index (χ1v) is 11.3. The first kappa shape index (κ1) is 18.6. The smallest absolute Gasteiger partial charge is 0.254 e. The highest BCUT2D eigenvalue weighted by Crippen LogP contribution is 2.30. The second kappa shape index (κ2) is 8.13. The number of carbonyl (C=O) groups is 1. The average Bonchev–Trinajstić information content (AvgIpc) is 3.33. The van der Waals surface area contributed by atoms with Gasteiger partial charge in [0.1, 0.15) is 5.82 Å². The van der Waals surface area contributed by atoms with Crippen LogP contribution < -0.4 is 4.90 Å². The molecule has 0 N–H and O–H groups in total. The van der Waals surface area contributed by atoms with Crippen LogP contribution in [0.1, 0.15) is 28.8 Å². The highest BCUT2D eigenvalue weighted by molar-refractivity contribution is 7.13. The van der Waals surface area contributed by atoms with Gasteiger partial charge in [0.15, 0.2) is 0 Å². The van der Waals surface area contributed by atoms with E-state index < -0.39 is 0 Å². The summed E-state index contributed by atoms with van der Waals surface area (Å²) in [6.07, 6.45) is 2.20. The number of unbranched alkanes of at least 4 members (excludes halogenated alkanes) is 1. The quantitative estimate of drug-likeness (QED) is 0.583. The molecule has 1 saturated heterocycles. The predicted molar refractivity (Wildman–Crippen MR) is 119 cm³/mol. The second-order valence-electron chi connectivity index (χ2n) is 7.92. The molecule has 3 aromatic rings. The Morgan fingerprint density at radius 1 is 0.897 bits per heavy atom. The number of carbonyl (C=O) groups excluding carboxylic acids is 1. The zero-order chi connectivity index (χ0) is 19.6. The van der Waals surface area contributed by atoms with E-state index in [2.05, 4.69) is 40.1 Å². The largest absolute Gasteiger partial charge is 0.353 e. The number of rotatable bonds is 6. The third kappa shape index (κ3) is 3.74. The van der Waals surface area contributed by atoms with E-state index in [-0.39, 0.29) is 5.91 Å². The average molecular weight is 407 g/mol. The molecule has 1 aromatic heterocycles. The highest BCUT2D eigenvalue weighted by atomic mass is 32.1. The van der Waals surface area contributed by atoms with Crippen LogP contribution in [0.4, 0.5) is 5.82 Å². The summed E-state index contributed by atoms with van der Waals surface area (Å²) in [4.78, 5) is 19.4. The summed E-state index contributed by atoms with van der Waals surface area (Å²) in [5.74, 6) is 1.35. The van der Waals surface area contributed by atoms with Crippen LogP contribution in [0.2, 0.25) is 0 Å². The van der Waals surface area contributed by atoms with Gasteiger partial charge in [-0.15, -0.1) is 0 Å². The zero-order valence-electron chi connectivity index (χ0n) is 16.6. The predicted octanol–water partition coefficient (Wildman–Crippen LogP) is 3.85. The normalized spacial score (nSPS) is 17.3. The van der Waals surface area contributed by atoms with Gasteiger partial charge in [-0.1, -0.05) is 30.3 Å². The lowest BCUT2D eigenvalue weighted by Crippen LogP contribution is -2.46. The van der Waals surface area contributed by atoms with E-state index in [0.29, 0.717) is 0 Å². The van der Waals surface area contributed by atoms with Crippen molar-refractivity contribution in [2.45, 2.75) is 19.4 Å². The molecular formula is C23H26N4OS. The van der Waals surface area contributed by atoms with Crippen LogP contribution in [0.3, 0.4) is 0 Å². The molecule has 5 rings (SSSR count). The maximum absolute atomic E-state index is 12.4. The molecule has 0 radical (unpaired) electrons. The minimum absolute atomic E-state index is 0.199. The van der Waals surface area contributed by atoms with Gasteiger partial charge in [0.25, 0.3) is 5.91 Å². The molecule has 3 heterocycles. The van der Waals surface area contributed by atoms with Gasteiger partial charge in [0, 0.05) is 50.2 Å². The summed E-state index contributed by atoms with van der Waals surface area (Å²) in [5.41, 5.74) is 2.06. The number of anilines is 1. The Balaban J connectivity index is 1.06. The highest BCUT2D eigenvalue weighted by Gasteiger charge is 2.26. The van der Waals surface area contributed by atoms with E-state index in [1.54, 1.807) is 11.5 Å². The lowest BCUT2D eigenvalue weighted by molar-refractivity contribution is 0.0774. The van der Waals surface area contributed by atoms with E-state index >= 15 is 0 Å². The molecule has 2 aromatic carbocycles. The minimum atomic E-state index is 0.199. The number of piperazine rings is 1. The fourth-order valence-electron chi connectivity index (χ4n) is 4.42. The van der Waals surface area contributed by atoms with Gasteiger partial charge in [-0.25, -0.2) is 0 Å². The van der Waals surface area contributed by atoms with Crippen LogP contribution in [0.5, 0.6) is 0 Å². The van der Waals surface area contributed by atoms with E-state index in [9.17, 15) is 4.79 Å². The van der Waals surface area contributed by atoms with Gasteiger partial charge in [-0.05, 0) is 54.7 Å². The number of benzene rings is 2. The van der Waals surface area contributed by atoms with Crippen LogP contribution in [-0.4, -0.2) is 59.3 Å². The molecule has 0 bridgehead atoms. The third-order valence-corrected chi connectivity index (χ3v) is 6.90.